The second-order valence-electron chi connectivity index (χ2n) is 6.24. The van der Waals surface area contributed by atoms with Crippen LogP contribution in [0.25, 0.3) is 0 Å². The van der Waals surface area contributed by atoms with Crippen LogP contribution in [-0.4, -0.2) is 99.2 Å². The van der Waals surface area contributed by atoms with Gasteiger partial charge in [-0.3, -0.25) is 0 Å². The molecule has 1 aromatic carbocycles. The van der Waals surface area contributed by atoms with Crippen molar-refractivity contribution in [3.05, 3.63) is 34.4 Å². The Kier molecular flexibility index (Phi) is 15.2. The number of hydrogen-bond donors (Lipinski definition) is 4. The van der Waals surface area contributed by atoms with Crippen LogP contribution < -0.4 is 0 Å². The van der Waals surface area contributed by atoms with Gasteiger partial charge in [-0.1, -0.05) is 6.07 Å². The molecule has 32 heavy (non-hydrogen) atoms. The average Bonchev–Trinajstić information content (AvgIpc) is 2.77. The Morgan fingerprint density at radius 1 is 0.594 bits per heavy atom. The summed E-state index contributed by atoms with van der Waals surface area (Å²) in [5.74, 6) is -2.48. The zero-order valence-electron chi connectivity index (χ0n) is 17.7. The van der Waals surface area contributed by atoms with Crippen LogP contribution in [0.15, 0.2) is 12.1 Å². The fraction of sp³-hybridized carbons (Fsp3) is 0.600. The van der Waals surface area contributed by atoms with Crippen molar-refractivity contribution in [2.75, 3.05) is 66.8 Å². The quantitative estimate of drug-likeness (QED) is 0.152. The fourth-order valence-electron chi connectivity index (χ4n) is 2.54. The third-order valence-corrected chi connectivity index (χ3v) is 3.96. The summed E-state index contributed by atoms with van der Waals surface area (Å²) in [5.41, 5.74) is 0.602. The lowest BCUT2D eigenvalue weighted by molar-refractivity contribution is -0.133. The first kappa shape index (κ1) is 27.9. The maximum Gasteiger partial charge on any atom is 0.335 e. The van der Waals surface area contributed by atoms with Crippen LogP contribution in [0, 0.1) is 0 Å². The molecule has 0 aliphatic carbocycles. The minimum absolute atomic E-state index is 0.0460. The number of hydrogen-bond acceptors (Lipinski definition) is 10. The van der Waals surface area contributed by atoms with E-state index in [0.717, 1.165) is 6.07 Å². The summed E-state index contributed by atoms with van der Waals surface area (Å²) in [6, 6.07) is 2.66. The standard InChI is InChI=1S/C20H30O12/c21-3-7-29-13-31-11-27-5-1-15-9-16(2-6-28-12-32-14-30-8-4-22)18(20(25)26)10-17(15)19(23)24/h9-10,21-22H,1-8,11-14H2,(H,23,24)(H,25,26). The number of aliphatic hydroxyl groups is 2. The Morgan fingerprint density at radius 3 is 1.31 bits per heavy atom. The lowest BCUT2D eigenvalue weighted by Crippen LogP contribution is -2.14. The molecule has 12 nitrogen and oxygen atoms in total. The third kappa shape index (κ3) is 11.5. The molecule has 1 aromatic rings. The van der Waals surface area contributed by atoms with E-state index < -0.39 is 11.9 Å². The molecule has 0 bridgehead atoms. The second-order valence-corrected chi connectivity index (χ2v) is 6.24. The van der Waals surface area contributed by atoms with E-state index in [1.54, 1.807) is 0 Å². The van der Waals surface area contributed by atoms with Crippen molar-refractivity contribution in [1.82, 2.24) is 0 Å². The summed E-state index contributed by atoms with van der Waals surface area (Å²) in [7, 11) is 0. The number of carboxylic acids is 2. The van der Waals surface area contributed by atoms with E-state index >= 15 is 0 Å². The van der Waals surface area contributed by atoms with Crippen LogP contribution >= 0.6 is 0 Å². The number of carboxylic acid groups (broad SMARTS) is 2. The summed E-state index contributed by atoms with van der Waals surface area (Å²) in [6.45, 7) is 0.0947. The molecule has 182 valence electrons. The Hall–Kier alpha value is -2.16. The summed E-state index contributed by atoms with van der Waals surface area (Å²) < 4.78 is 30.4. The number of ether oxygens (including phenoxy) is 6. The minimum atomic E-state index is -1.24. The molecule has 4 N–H and O–H groups in total. The molecular formula is C20H30O12. The van der Waals surface area contributed by atoms with Crippen molar-refractivity contribution in [1.29, 1.82) is 0 Å². The molecule has 0 saturated carbocycles. The molecule has 0 unspecified atom stereocenters. The predicted molar refractivity (Wildman–Crippen MR) is 107 cm³/mol. The molecule has 0 heterocycles. The molecule has 0 radical (unpaired) electrons. The van der Waals surface area contributed by atoms with E-state index in [1.165, 1.54) is 6.07 Å². The Morgan fingerprint density at radius 2 is 0.969 bits per heavy atom. The monoisotopic (exact) mass is 462 g/mol. The van der Waals surface area contributed by atoms with Gasteiger partial charge in [-0.2, -0.15) is 0 Å². The molecule has 0 saturated heterocycles. The lowest BCUT2D eigenvalue weighted by atomic mass is 9.95. The van der Waals surface area contributed by atoms with Crippen LogP contribution in [0.1, 0.15) is 31.8 Å². The van der Waals surface area contributed by atoms with Gasteiger partial charge in [0.15, 0.2) is 0 Å². The summed E-state index contributed by atoms with van der Waals surface area (Å²) in [4.78, 5) is 23.2. The number of carbonyl (C=O) groups is 2. The number of aliphatic hydroxyl groups excluding tert-OH is 2. The maximum absolute atomic E-state index is 11.6. The van der Waals surface area contributed by atoms with Crippen LogP contribution in [0.3, 0.4) is 0 Å². The fourth-order valence-corrected chi connectivity index (χ4v) is 2.54. The highest BCUT2D eigenvalue weighted by molar-refractivity contribution is 5.96. The van der Waals surface area contributed by atoms with Gasteiger partial charge in [0.25, 0.3) is 0 Å². The van der Waals surface area contributed by atoms with Gasteiger partial charge in [-0.05, 0) is 30.0 Å². The highest BCUT2D eigenvalue weighted by Gasteiger charge is 2.18. The number of aromatic carboxylic acids is 2. The van der Waals surface area contributed by atoms with Crippen molar-refractivity contribution in [3.8, 4) is 0 Å². The Bertz CT molecular complexity index is 626. The third-order valence-electron chi connectivity index (χ3n) is 3.96. The molecule has 0 fully saturated rings. The molecule has 0 aromatic heterocycles. The highest BCUT2D eigenvalue weighted by atomic mass is 16.7. The van der Waals surface area contributed by atoms with Crippen LogP contribution in [0.2, 0.25) is 0 Å². The zero-order chi connectivity index (χ0) is 23.6. The number of rotatable bonds is 20. The van der Waals surface area contributed by atoms with Gasteiger partial charge in [0.1, 0.15) is 27.2 Å². The smallest absolute Gasteiger partial charge is 0.335 e. The van der Waals surface area contributed by atoms with Gasteiger partial charge in [0.2, 0.25) is 0 Å². The van der Waals surface area contributed by atoms with Crippen LogP contribution in [-0.2, 0) is 41.3 Å². The molecular weight excluding hydrogens is 432 g/mol. The normalized spacial score (nSPS) is 11.1. The first-order valence-electron chi connectivity index (χ1n) is 9.81. The van der Waals surface area contributed by atoms with Gasteiger partial charge >= 0.3 is 11.9 Å². The Balaban J connectivity index is 2.62. The van der Waals surface area contributed by atoms with Gasteiger partial charge in [0, 0.05) is 0 Å². The minimum Gasteiger partial charge on any atom is -0.478 e. The highest BCUT2D eigenvalue weighted by Crippen LogP contribution is 2.20. The van der Waals surface area contributed by atoms with E-state index in [-0.39, 0.29) is 90.8 Å². The van der Waals surface area contributed by atoms with Gasteiger partial charge in [-0.25, -0.2) is 9.59 Å². The van der Waals surface area contributed by atoms with Crippen LogP contribution in [0.5, 0.6) is 0 Å². The molecule has 0 amide bonds. The Labute approximate surface area is 185 Å². The van der Waals surface area contributed by atoms with E-state index in [4.69, 9.17) is 38.6 Å². The average molecular weight is 462 g/mol. The van der Waals surface area contributed by atoms with E-state index in [9.17, 15) is 19.8 Å². The topological polar surface area (TPSA) is 170 Å². The van der Waals surface area contributed by atoms with E-state index in [0.29, 0.717) is 11.1 Å². The molecule has 0 aliphatic rings. The van der Waals surface area contributed by atoms with Crippen LogP contribution in [0.4, 0.5) is 0 Å². The largest absolute Gasteiger partial charge is 0.478 e. The van der Waals surface area contributed by atoms with Crippen molar-refractivity contribution < 1.29 is 58.4 Å². The molecule has 12 heteroatoms. The SMILES string of the molecule is O=C(O)c1cc(C(=O)O)c(CCOCOCOCCO)cc1CCOCOCOCCO. The molecule has 0 spiro atoms. The second kappa shape index (κ2) is 17.4. The van der Waals surface area contributed by atoms with Crippen molar-refractivity contribution in [2.45, 2.75) is 12.8 Å². The first-order chi connectivity index (χ1) is 15.5. The van der Waals surface area contributed by atoms with Crippen molar-refractivity contribution in [3.63, 3.8) is 0 Å². The van der Waals surface area contributed by atoms with Gasteiger partial charge < -0.3 is 48.8 Å². The summed E-state index contributed by atoms with van der Waals surface area (Å²) in [6.07, 6.45) is 0.448. The number of benzene rings is 1. The maximum atomic E-state index is 11.6. The summed E-state index contributed by atoms with van der Waals surface area (Å²) >= 11 is 0. The lowest BCUT2D eigenvalue weighted by Gasteiger charge is -2.13. The molecule has 1 rings (SSSR count). The van der Waals surface area contributed by atoms with Crippen molar-refractivity contribution in [2.24, 2.45) is 0 Å². The van der Waals surface area contributed by atoms with Gasteiger partial charge in [0.05, 0.1) is 50.8 Å². The molecule has 0 aliphatic heterocycles. The van der Waals surface area contributed by atoms with Gasteiger partial charge in [-0.15, -0.1) is 0 Å². The summed E-state index contributed by atoms with van der Waals surface area (Å²) in [5, 5.41) is 36.1. The van der Waals surface area contributed by atoms with Crippen molar-refractivity contribution >= 4 is 11.9 Å². The van der Waals surface area contributed by atoms with E-state index in [1.807, 2.05) is 0 Å². The van der Waals surface area contributed by atoms with E-state index in [2.05, 4.69) is 0 Å². The predicted octanol–water partition coefficient (Wildman–Crippen LogP) is 0.0822. The first-order valence-corrected chi connectivity index (χ1v) is 9.81. The molecule has 0 atom stereocenters. The zero-order valence-corrected chi connectivity index (χ0v) is 17.7.